The summed E-state index contributed by atoms with van der Waals surface area (Å²) in [6.07, 6.45) is 1.56. The van der Waals surface area contributed by atoms with Crippen molar-refractivity contribution in [2.24, 2.45) is 0 Å². The number of aromatic nitrogens is 2. The molecule has 20 heavy (non-hydrogen) atoms. The largest absolute Gasteiger partial charge is 0.493 e. The lowest BCUT2D eigenvalue weighted by molar-refractivity contribution is 0.251. The van der Waals surface area contributed by atoms with Gasteiger partial charge in [-0.15, -0.1) is 0 Å². The lowest BCUT2D eigenvalue weighted by Crippen LogP contribution is -2.28. The van der Waals surface area contributed by atoms with Crippen molar-refractivity contribution in [2.45, 2.75) is 6.54 Å². The first-order valence-electron chi connectivity index (χ1n) is 5.98. The van der Waals surface area contributed by atoms with Gasteiger partial charge >= 0.3 is 6.03 Å². The number of nitrogens with one attached hydrogen (secondary N) is 3. The van der Waals surface area contributed by atoms with E-state index in [1.807, 2.05) is 12.1 Å². The van der Waals surface area contributed by atoms with Gasteiger partial charge in [-0.1, -0.05) is 6.07 Å². The van der Waals surface area contributed by atoms with Crippen molar-refractivity contribution in [1.29, 1.82) is 0 Å². The lowest BCUT2D eigenvalue weighted by atomic mass is 10.2. The molecular formula is C13H16N4O3. The number of methoxy groups -OCH3 is 2. The van der Waals surface area contributed by atoms with Gasteiger partial charge in [0.2, 0.25) is 0 Å². The highest BCUT2D eigenvalue weighted by Gasteiger charge is 2.06. The number of amides is 2. The van der Waals surface area contributed by atoms with Crippen LogP contribution < -0.4 is 20.1 Å². The van der Waals surface area contributed by atoms with Crippen LogP contribution in [0, 0.1) is 0 Å². The Balaban J connectivity index is 1.92. The molecule has 3 N–H and O–H groups in total. The molecule has 1 heterocycles. The fourth-order valence-corrected chi connectivity index (χ4v) is 1.66. The highest BCUT2D eigenvalue weighted by Crippen LogP contribution is 2.27. The molecule has 0 unspecified atom stereocenters. The molecule has 7 nitrogen and oxygen atoms in total. The van der Waals surface area contributed by atoms with E-state index in [0.29, 0.717) is 23.9 Å². The van der Waals surface area contributed by atoms with Crippen LogP contribution in [0.25, 0.3) is 0 Å². The number of hydrogen-bond donors (Lipinski definition) is 3. The van der Waals surface area contributed by atoms with Crippen molar-refractivity contribution in [3.05, 3.63) is 36.0 Å². The molecule has 0 aliphatic rings. The van der Waals surface area contributed by atoms with Gasteiger partial charge in [0.05, 0.1) is 20.4 Å². The number of anilines is 1. The summed E-state index contributed by atoms with van der Waals surface area (Å²) in [4.78, 5) is 11.6. The third-order valence-corrected chi connectivity index (χ3v) is 2.65. The molecule has 0 bridgehead atoms. The zero-order valence-corrected chi connectivity index (χ0v) is 11.3. The van der Waals surface area contributed by atoms with E-state index >= 15 is 0 Å². The van der Waals surface area contributed by atoms with E-state index in [1.54, 1.807) is 32.5 Å². The Labute approximate surface area is 116 Å². The summed E-state index contributed by atoms with van der Waals surface area (Å²) < 4.78 is 10.4. The summed E-state index contributed by atoms with van der Waals surface area (Å²) in [5, 5.41) is 11.7. The Morgan fingerprint density at radius 2 is 2.05 bits per heavy atom. The number of rotatable bonds is 5. The molecule has 106 valence electrons. The normalized spacial score (nSPS) is 9.90. The molecule has 0 saturated heterocycles. The van der Waals surface area contributed by atoms with Crippen molar-refractivity contribution in [3.8, 4) is 11.5 Å². The van der Waals surface area contributed by atoms with E-state index in [1.165, 1.54) is 0 Å². The molecule has 0 spiro atoms. The summed E-state index contributed by atoms with van der Waals surface area (Å²) in [6, 6.07) is 6.82. The predicted molar refractivity (Wildman–Crippen MR) is 74.0 cm³/mol. The van der Waals surface area contributed by atoms with Gasteiger partial charge in [-0.25, -0.2) is 4.79 Å². The summed E-state index contributed by atoms with van der Waals surface area (Å²) in [7, 11) is 3.15. The molecule has 0 atom stereocenters. The molecule has 7 heteroatoms. The molecule has 0 saturated carbocycles. The van der Waals surface area contributed by atoms with Gasteiger partial charge in [0.15, 0.2) is 11.5 Å². The monoisotopic (exact) mass is 276 g/mol. The van der Waals surface area contributed by atoms with Gasteiger partial charge in [-0.2, -0.15) is 5.10 Å². The van der Waals surface area contributed by atoms with Crippen molar-refractivity contribution >= 4 is 11.8 Å². The molecule has 1 aromatic carbocycles. The summed E-state index contributed by atoms with van der Waals surface area (Å²) in [6.45, 7) is 0.375. The number of nitrogens with zero attached hydrogens (tertiary/aromatic N) is 1. The maximum absolute atomic E-state index is 11.6. The first-order chi connectivity index (χ1) is 9.72. The van der Waals surface area contributed by atoms with E-state index in [-0.39, 0.29) is 6.03 Å². The number of H-pyrrole nitrogens is 1. The number of hydrogen-bond acceptors (Lipinski definition) is 4. The summed E-state index contributed by atoms with van der Waals surface area (Å²) in [5.74, 6) is 1.81. The first-order valence-corrected chi connectivity index (χ1v) is 5.98. The van der Waals surface area contributed by atoms with Gasteiger partial charge in [0.25, 0.3) is 0 Å². The lowest BCUT2D eigenvalue weighted by Gasteiger charge is -2.10. The quantitative estimate of drug-likeness (QED) is 0.776. The Bertz CT molecular complexity index is 569. The molecule has 0 radical (unpaired) electrons. The highest BCUT2D eigenvalue weighted by molar-refractivity contribution is 5.88. The van der Waals surface area contributed by atoms with Gasteiger partial charge in [-0.3, -0.25) is 10.4 Å². The molecule has 0 aliphatic heterocycles. The zero-order chi connectivity index (χ0) is 14.4. The van der Waals surface area contributed by atoms with Crippen LogP contribution >= 0.6 is 0 Å². The van der Waals surface area contributed by atoms with E-state index < -0.39 is 0 Å². The third kappa shape index (κ3) is 3.41. The van der Waals surface area contributed by atoms with Gasteiger partial charge in [0.1, 0.15) is 5.82 Å². The van der Waals surface area contributed by atoms with Gasteiger partial charge in [-0.05, 0) is 17.7 Å². The molecule has 0 aliphatic carbocycles. The Hall–Kier alpha value is -2.70. The maximum Gasteiger partial charge on any atom is 0.320 e. The molecule has 2 aromatic rings. The van der Waals surface area contributed by atoms with Crippen LogP contribution in [0.15, 0.2) is 30.5 Å². The van der Waals surface area contributed by atoms with Crippen LogP contribution in [0.2, 0.25) is 0 Å². The van der Waals surface area contributed by atoms with Crippen LogP contribution in [0.4, 0.5) is 10.6 Å². The SMILES string of the molecule is COc1ccc(CNC(=O)Nc2ccn[nH]2)cc1OC. The fraction of sp³-hybridized carbons (Fsp3) is 0.231. The number of aromatic amines is 1. The number of benzene rings is 1. The van der Waals surface area contributed by atoms with Crippen LogP contribution in [0.1, 0.15) is 5.56 Å². The van der Waals surface area contributed by atoms with Gasteiger partial charge < -0.3 is 14.8 Å². The Morgan fingerprint density at radius 1 is 1.25 bits per heavy atom. The number of ether oxygens (including phenoxy) is 2. The van der Waals surface area contributed by atoms with Crippen LogP contribution in [0.3, 0.4) is 0 Å². The fourth-order valence-electron chi connectivity index (χ4n) is 1.66. The second-order valence-corrected chi connectivity index (χ2v) is 3.97. The van der Waals surface area contributed by atoms with Gasteiger partial charge in [0, 0.05) is 12.6 Å². The van der Waals surface area contributed by atoms with E-state index in [9.17, 15) is 4.79 Å². The minimum Gasteiger partial charge on any atom is -0.493 e. The minimum atomic E-state index is -0.316. The van der Waals surface area contributed by atoms with Crippen molar-refractivity contribution in [3.63, 3.8) is 0 Å². The Morgan fingerprint density at radius 3 is 2.70 bits per heavy atom. The van der Waals surface area contributed by atoms with E-state index in [0.717, 1.165) is 5.56 Å². The molecule has 0 fully saturated rings. The number of urea groups is 1. The van der Waals surface area contributed by atoms with Crippen LogP contribution in [0.5, 0.6) is 11.5 Å². The smallest absolute Gasteiger partial charge is 0.320 e. The molecule has 2 rings (SSSR count). The summed E-state index contributed by atoms with van der Waals surface area (Å²) in [5.41, 5.74) is 0.905. The second-order valence-electron chi connectivity index (χ2n) is 3.97. The predicted octanol–water partition coefficient (Wildman–Crippen LogP) is 1.75. The van der Waals surface area contributed by atoms with E-state index in [2.05, 4.69) is 20.8 Å². The zero-order valence-electron chi connectivity index (χ0n) is 11.3. The number of carbonyl (C=O) groups is 1. The van der Waals surface area contributed by atoms with E-state index in [4.69, 9.17) is 9.47 Å². The average Bonchev–Trinajstić information content (AvgIpc) is 2.97. The molecular weight excluding hydrogens is 260 g/mol. The first kappa shape index (κ1) is 13.7. The minimum absolute atomic E-state index is 0.316. The second kappa shape index (κ2) is 6.46. The van der Waals surface area contributed by atoms with Crippen LogP contribution in [-0.4, -0.2) is 30.4 Å². The van der Waals surface area contributed by atoms with Crippen molar-refractivity contribution in [2.75, 3.05) is 19.5 Å². The highest BCUT2D eigenvalue weighted by atomic mass is 16.5. The standard InChI is InChI=1S/C13H16N4O3/c1-19-10-4-3-9(7-11(10)20-2)8-14-13(18)16-12-5-6-15-17-12/h3-7H,8H2,1-2H3,(H3,14,15,16,17,18). The maximum atomic E-state index is 11.6. The topological polar surface area (TPSA) is 88.3 Å². The third-order valence-electron chi connectivity index (χ3n) is 2.65. The Kier molecular flexibility index (Phi) is 4.43. The van der Waals surface area contributed by atoms with Crippen LogP contribution in [-0.2, 0) is 6.54 Å². The molecule has 2 amide bonds. The number of carbonyl (C=O) groups excluding carboxylic acids is 1. The van der Waals surface area contributed by atoms with Crippen molar-refractivity contribution in [1.82, 2.24) is 15.5 Å². The molecule has 1 aromatic heterocycles. The van der Waals surface area contributed by atoms with Crippen molar-refractivity contribution < 1.29 is 14.3 Å². The average molecular weight is 276 g/mol. The summed E-state index contributed by atoms with van der Waals surface area (Å²) >= 11 is 0.